The van der Waals surface area contributed by atoms with Crippen LogP contribution in [0, 0.1) is 0 Å². The van der Waals surface area contributed by atoms with Crippen molar-refractivity contribution in [3.05, 3.63) is 46.5 Å². The van der Waals surface area contributed by atoms with Crippen LogP contribution in [0.25, 0.3) is 5.65 Å². The number of aromatic amines is 1. The molecule has 0 aromatic carbocycles. The molecule has 3 aromatic rings. The van der Waals surface area contributed by atoms with E-state index in [1.165, 1.54) is 12.6 Å². The number of fused-ring (bicyclic) bond motifs is 1. The third-order valence-electron chi connectivity index (χ3n) is 4.99. The lowest BCUT2D eigenvalue weighted by molar-refractivity contribution is 0.0929. The van der Waals surface area contributed by atoms with E-state index in [1.807, 2.05) is 0 Å². The Labute approximate surface area is 161 Å². The number of nitrogens with one attached hydrogen (secondary N) is 4. The highest BCUT2D eigenvalue weighted by atomic mass is 16.1. The average molecular weight is 381 g/mol. The van der Waals surface area contributed by atoms with Crippen LogP contribution >= 0.6 is 0 Å². The van der Waals surface area contributed by atoms with Crippen LogP contribution in [0.5, 0.6) is 0 Å². The standard InChI is InChI=1S/C19H23N7O2/c1-20-16-10-15(24-14-8-5-9-21-19(14)28)25-17-13(11-22-26(16)17)18(27)23-12-6-3-2-4-7-12/h5,8-12,20H,2-4,6-7H2,1H3,(H,21,28)(H,23,27)(H,24,25). The fourth-order valence-electron chi connectivity index (χ4n) is 3.53. The molecule has 4 N–H and O–H groups in total. The van der Waals surface area contributed by atoms with Crippen LogP contribution in [-0.2, 0) is 0 Å². The van der Waals surface area contributed by atoms with Crippen LogP contribution in [0.3, 0.4) is 0 Å². The molecule has 1 saturated carbocycles. The van der Waals surface area contributed by atoms with Crippen molar-refractivity contribution in [3.63, 3.8) is 0 Å². The minimum atomic E-state index is -0.251. The van der Waals surface area contributed by atoms with E-state index in [9.17, 15) is 9.59 Å². The van der Waals surface area contributed by atoms with Crippen LogP contribution in [0.4, 0.5) is 17.3 Å². The smallest absolute Gasteiger partial charge is 0.271 e. The van der Waals surface area contributed by atoms with E-state index in [0.717, 1.165) is 25.7 Å². The van der Waals surface area contributed by atoms with Gasteiger partial charge in [-0.25, -0.2) is 4.98 Å². The second-order valence-corrected chi connectivity index (χ2v) is 6.92. The van der Waals surface area contributed by atoms with Crippen molar-refractivity contribution >= 4 is 28.9 Å². The molecular weight excluding hydrogens is 358 g/mol. The maximum absolute atomic E-state index is 12.8. The topological polar surface area (TPSA) is 116 Å². The predicted octanol–water partition coefficient (Wildman–Crippen LogP) is 2.27. The first-order valence-corrected chi connectivity index (χ1v) is 9.48. The van der Waals surface area contributed by atoms with Crippen LogP contribution in [-0.4, -0.2) is 38.6 Å². The molecule has 0 atom stereocenters. The van der Waals surface area contributed by atoms with Gasteiger partial charge in [-0.3, -0.25) is 9.59 Å². The van der Waals surface area contributed by atoms with Crippen molar-refractivity contribution < 1.29 is 4.79 Å². The lowest BCUT2D eigenvalue weighted by atomic mass is 9.95. The molecule has 0 saturated heterocycles. The number of amides is 1. The van der Waals surface area contributed by atoms with Crippen LogP contribution in [0.2, 0.25) is 0 Å². The van der Waals surface area contributed by atoms with E-state index in [0.29, 0.717) is 28.5 Å². The molecule has 146 valence electrons. The van der Waals surface area contributed by atoms with Gasteiger partial charge in [-0.2, -0.15) is 9.61 Å². The molecule has 3 aromatic heterocycles. The van der Waals surface area contributed by atoms with E-state index < -0.39 is 0 Å². The molecule has 1 aliphatic carbocycles. The monoisotopic (exact) mass is 381 g/mol. The number of hydrogen-bond donors (Lipinski definition) is 4. The Morgan fingerprint density at radius 1 is 1.29 bits per heavy atom. The summed E-state index contributed by atoms with van der Waals surface area (Å²) < 4.78 is 1.58. The molecule has 0 aliphatic heterocycles. The van der Waals surface area contributed by atoms with Gasteiger partial charge >= 0.3 is 0 Å². The summed E-state index contributed by atoms with van der Waals surface area (Å²) in [5.74, 6) is 0.920. The number of anilines is 3. The van der Waals surface area contributed by atoms with Gasteiger partial charge in [0.05, 0.1) is 6.20 Å². The van der Waals surface area contributed by atoms with E-state index >= 15 is 0 Å². The van der Waals surface area contributed by atoms with Gasteiger partial charge in [-0.05, 0) is 25.0 Å². The van der Waals surface area contributed by atoms with E-state index in [-0.39, 0.29) is 17.5 Å². The Hall–Kier alpha value is -3.36. The van der Waals surface area contributed by atoms with Crippen LogP contribution in [0.15, 0.2) is 35.4 Å². The van der Waals surface area contributed by atoms with E-state index in [4.69, 9.17) is 0 Å². The zero-order valence-corrected chi connectivity index (χ0v) is 15.7. The van der Waals surface area contributed by atoms with Gasteiger partial charge in [-0.15, -0.1) is 0 Å². The maximum atomic E-state index is 12.8. The molecule has 0 spiro atoms. The van der Waals surface area contributed by atoms with Crippen molar-refractivity contribution in [2.45, 2.75) is 38.1 Å². The number of hydrogen-bond acceptors (Lipinski definition) is 6. The summed E-state index contributed by atoms with van der Waals surface area (Å²) in [6.45, 7) is 0. The van der Waals surface area contributed by atoms with Crippen molar-refractivity contribution in [1.29, 1.82) is 0 Å². The molecule has 0 bridgehead atoms. The zero-order valence-electron chi connectivity index (χ0n) is 15.7. The molecule has 0 radical (unpaired) electrons. The van der Waals surface area contributed by atoms with Gasteiger partial charge < -0.3 is 20.9 Å². The van der Waals surface area contributed by atoms with Gasteiger partial charge in [0.2, 0.25) is 0 Å². The first-order valence-electron chi connectivity index (χ1n) is 9.48. The fourth-order valence-corrected chi connectivity index (χ4v) is 3.53. The number of nitrogens with zero attached hydrogens (tertiary/aromatic N) is 3. The summed E-state index contributed by atoms with van der Waals surface area (Å²) in [5.41, 5.74) is 0.954. The molecule has 1 aliphatic rings. The summed E-state index contributed by atoms with van der Waals surface area (Å²) in [6.07, 6.45) is 8.61. The largest absolute Gasteiger partial charge is 0.373 e. The molecule has 1 fully saturated rings. The van der Waals surface area contributed by atoms with Gasteiger partial charge in [0.25, 0.3) is 11.5 Å². The highest BCUT2D eigenvalue weighted by Gasteiger charge is 2.21. The lowest BCUT2D eigenvalue weighted by Gasteiger charge is -2.22. The first-order chi connectivity index (χ1) is 13.7. The highest BCUT2D eigenvalue weighted by molar-refractivity contribution is 6.00. The molecule has 4 rings (SSSR count). The highest BCUT2D eigenvalue weighted by Crippen LogP contribution is 2.22. The summed E-state index contributed by atoms with van der Waals surface area (Å²) in [7, 11) is 1.76. The summed E-state index contributed by atoms with van der Waals surface area (Å²) in [5, 5.41) is 13.5. The van der Waals surface area contributed by atoms with Crippen LogP contribution in [0.1, 0.15) is 42.5 Å². The third-order valence-corrected chi connectivity index (χ3v) is 4.99. The Morgan fingerprint density at radius 2 is 2.11 bits per heavy atom. The summed E-state index contributed by atoms with van der Waals surface area (Å²) >= 11 is 0. The van der Waals surface area contributed by atoms with Crippen molar-refractivity contribution in [1.82, 2.24) is 24.9 Å². The number of carbonyl (C=O) groups excluding carboxylic acids is 1. The van der Waals surface area contributed by atoms with Gasteiger partial charge in [0.15, 0.2) is 5.65 Å². The molecule has 3 heterocycles. The Bertz CT molecular complexity index is 1050. The molecule has 9 nitrogen and oxygen atoms in total. The van der Waals surface area contributed by atoms with Crippen molar-refractivity contribution in [3.8, 4) is 0 Å². The first kappa shape index (κ1) is 18.0. The number of H-pyrrole nitrogens is 1. The van der Waals surface area contributed by atoms with Crippen molar-refractivity contribution in [2.75, 3.05) is 17.7 Å². The lowest BCUT2D eigenvalue weighted by Crippen LogP contribution is -2.36. The SMILES string of the molecule is CNc1cc(Nc2ccc[nH]c2=O)nc2c(C(=O)NC3CCCCC3)cnn12. The predicted molar refractivity (Wildman–Crippen MR) is 107 cm³/mol. The Kier molecular flexibility index (Phi) is 4.96. The molecular formula is C19H23N7O2. The van der Waals surface area contributed by atoms with Gasteiger partial charge in [-0.1, -0.05) is 19.3 Å². The third kappa shape index (κ3) is 3.55. The summed E-state index contributed by atoms with van der Waals surface area (Å²) in [4.78, 5) is 31.9. The minimum absolute atomic E-state index is 0.175. The quantitative estimate of drug-likeness (QED) is 0.539. The number of aromatic nitrogens is 4. The van der Waals surface area contributed by atoms with Gasteiger partial charge in [0.1, 0.15) is 22.9 Å². The maximum Gasteiger partial charge on any atom is 0.271 e. The molecule has 0 unspecified atom stereocenters. The minimum Gasteiger partial charge on any atom is -0.373 e. The van der Waals surface area contributed by atoms with Crippen LogP contribution < -0.4 is 21.5 Å². The van der Waals surface area contributed by atoms with E-state index in [2.05, 4.69) is 31.0 Å². The Balaban J connectivity index is 1.67. The fraction of sp³-hybridized carbons (Fsp3) is 0.368. The second kappa shape index (κ2) is 7.71. The normalized spacial score (nSPS) is 14.8. The van der Waals surface area contributed by atoms with E-state index in [1.54, 1.807) is 36.0 Å². The second-order valence-electron chi connectivity index (χ2n) is 6.92. The number of carbonyl (C=O) groups is 1. The molecule has 9 heteroatoms. The zero-order chi connectivity index (χ0) is 19.5. The average Bonchev–Trinajstić information content (AvgIpc) is 3.14. The molecule has 1 amide bonds. The Morgan fingerprint density at radius 3 is 2.86 bits per heavy atom. The van der Waals surface area contributed by atoms with Crippen molar-refractivity contribution in [2.24, 2.45) is 0 Å². The van der Waals surface area contributed by atoms with Gasteiger partial charge in [0, 0.05) is 25.4 Å². The number of pyridine rings is 1. The summed E-state index contributed by atoms with van der Waals surface area (Å²) in [6, 6.07) is 5.32. The molecule has 28 heavy (non-hydrogen) atoms. The number of rotatable bonds is 5.